The normalized spacial score (nSPS) is 15.9. The number of likely N-dealkylation sites (N-methyl/N-ethyl adjacent to an activating group) is 1. The standard InChI is InChI=1S/C19H28N6O4/c1-23-10-12-24(13-11-23)19(29)16(6-7-17(26)27)22-18(28)14-2-4-15(5-3-14)25(21)9-8-20/h2-5,8-9,16H,6-7,10-13,20-21H2,1H3,(H,22,28)(H,26,27)/b9-8-/t16-/m0/s1. The third kappa shape index (κ3) is 6.47. The summed E-state index contributed by atoms with van der Waals surface area (Å²) in [5.41, 5.74) is 6.26. The number of nitrogens with two attached hydrogens (primary N) is 2. The molecule has 1 atom stereocenters. The van der Waals surface area contributed by atoms with Crippen molar-refractivity contribution in [2.75, 3.05) is 38.2 Å². The molecular formula is C19H28N6O4. The molecule has 1 heterocycles. The summed E-state index contributed by atoms with van der Waals surface area (Å²) in [6, 6.07) is 5.53. The van der Waals surface area contributed by atoms with Crippen molar-refractivity contribution >= 4 is 23.5 Å². The Morgan fingerprint density at radius 3 is 2.38 bits per heavy atom. The summed E-state index contributed by atoms with van der Waals surface area (Å²) in [5.74, 6) is 4.04. The van der Waals surface area contributed by atoms with E-state index in [0.29, 0.717) is 24.3 Å². The number of nitrogens with one attached hydrogen (secondary N) is 1. The van der Waals surface area contributed by atoms with Crippen LogP contribution in [0.3, 0.4) is 0 Å². The van der Waals surface area contributed by atoms with Gasteiger partial charge in [-0.05, 0) is 37.7 Å². The van der Waals surface area contributed by atoms with Crippen molar-refractivity contribution in [3.63, 3.8) is 0 Å². The number of hydrogen-bond acceptors (Lipinski definition) is 7. The molecule has 0 unspecified atom stereocenters. The molecule has 1 aromatic carbocycles. The second kappa shape index (κ2) is 10.4. The van der Waals surface area contributed by atoms with Crippen LogP contribution >= 0.6 is 0 Å². The fraction of sp³-hybridized carbons (Fsp3) is 0.421. The van der Waals surface area contributed by atoms with Crippen molar-refractivity contribution in [3.8, 4) is 0 Å². The molecule has 0 aliphatic carbocycles. The lowest BCUT2D eigenvalue weighted by Gasteiger charge is -2.34. The van der Waals surface area contributed by atoms with Crippen molar-refractivity contribution in [1.82, 2.24) is 15.1 Å². The molecule has 158 valence electrons. The highest BCUT2D eigenvalue weighted by molar-refractivity contribution is 5.98. The van der Waals surface area contributed by atoms with Crippen LogP contribution in [0.5, 0.6) is 0 Å². The zero-order valence-corrected chi connectivity index (χ0v) is 16.5. The van der Waals surface area contributed by atoms with E-state index >= 15 is 0 Å². The third-order valence-electron chi connectivity index (χ3n) is 4.74. The van der Waals surface area contributed by atoms with E-state index in [4.69, 9.17) is 16.7 Å². The number of carbonyl (C=O) groups is 3. The van der Waals surface area contributed by atoms with E-state index < -0.39 is 17.9 Å². The van der Waals surface area contributed by atoms with Crippen molar-refractivity contribution in [2.45, 2.75) is 18.9 Å². The van der Waals surface area contributed by atoms with E-state index in [1.165, 1.54) is 17.4 Å². The number of carboxylic acid groups (broad SMARTS) is 1. The van der Waals surface area contributed by atoms with Gasteiger partial charge in [0.1, 0.15) is 6.04 Å². The summed E-state index contributed by atoms with van der Waals surface area (Å²) in [6.07, 6.45) is 2.57. The van der Waals surface area contributed by atoms with E-state index in [2.05, 4.69) is 10.2 Å². The minimum absolute atomic E-state index is 0.0300. The first-order valence-corrected chi connectivity index (χ1v) is 9.34. The van der Waals surface area contributed by atoms with E-state index in [9.17, 15) is 14.4 Å². The lowest BCUT2D eigenvalue weighted by Crippen LogP contribution is -2.54. The number of benzene rings is 1. The van der Waals surface area contributed by atoms with Gasteiger partial charge in [0, 0.05) is 50.6 Å². The summed E-state index contributed by atoms with van der Waals surface area (Å²) in [5, 5.41) is 13.0. The first-order valence-electron chi connectivity index (χ1n) is 9.34. The molecule has 2 amide bonds. The lowest BCUT2D eigenvalue weighted by atomic mass is 10.1. The molecule has 0 saturated carbocycles. The molecule has 29 heavy (non-hydrogen) atoms. The Labute approximate surface area is 169 Å². The van der Waals surface area contributed by atoms with Crippen LogP contribution in [0.2, 0.25) is 0 Å². The highest BCUT2D eigenvalue weighted by Gasteiger charge is 2.28. The van der Waals surface area contributed by atoms with Gasteiger partial charge in [0.15, 0.2) is 0 Å². The third-order valence-corrected chi connectivity index (χ3v) is 4.74. The van der Waals surface area contributed by atoms with Crippen molar-refractivity contribution in [3.05, 3.63) is 42.2 Å². The van der Waals surface area contributed by atoms with Gasteiger partial charge in [0.25, 0.3) is 5.91 Å². The Bertz CT molecular complexity index is 744. The fourth-order valence-electron chi connectivity index (χ4n) is 2.98. The summed E-state index contributed by atoms with van der Waals surface area (Å²) in [6.45, 7) is 2.56. The number of hydrogen-bond donors (Lipinski definition) is 4. The lowest BCUT2D eigenvalue weighted by molar-refractivity contribution is -0.138. The molecule has 1 saturated heterocycles. The molecule has 1 aliphatic rings. The van der Waals surface area contributed by atoms with Crippen LogP contribution in [0.15, 0.2) is 36.7 Å². The van der Waals surface area contributed by atoms with Gasteiger partial charge in [-0.2, -0.15) is 0 Å². The number of hydrazine groups is 1. The molecule has 10 heteroatoms. The van der Waals surface area contributed by atoms with Gasteiger partial charge in [0.2, 0.25) is 5.91 Å². The van der Waals surface area contributed by atoms with Gasteiger partial charge in [0.05, 0.1) is 5.69 Å². The predicted octanol–water partition coefficient (Wildman–Crippen LogP) is -0.466. The maximum Gasteiger partial charge on any atom is 0.303 e. The van der Waals surface area contributed by atoms with E-state index in [1.807, 2.05) is 7.05 Å². The zero-order valence-electron chi connectivity index (χ0n) is 16.5. The maximum atomic E-state index is 12.9. The molecule has 1 aromatic rings. The minimum atomic E-state index is -1.02. The van der Waals surface area contributed by atoms with Crippen molar-refractivity contribution in [2.24, 2.45) is 11.6 Å². The number of nitrogens with zero attached hydrogens (tertiary/aromatic N) is 3. The van der Waals surface area contributed by atoms with Crippen LogP contribution in [0.1, 0.15) is 23.2 Å². The molecule has 1 aliphatic heterocycles. The number of carbonyl (C=O) groups excluding carboxylic acids is 2. The largest absolute Gasteiger partial charge is 0.481 e. The first-order chi connectivity index (χ1) is 13.8. The molecule has 10 nitrogen and oxygen atoms in total. The molecular weight excluding hydrogens is 376 g/mol. The molecule has 6 N–H and O–H groups in total. The number of anilines is 1. The number of carboxylic acids is 1. The van der Waals surface area contributed by atoms with E-state index in [0.717, 1.165) is 13.1 Å². The minimum Gasteiger partial charge on any atom is -0.481 e. The average Bonchev–Trinajstić information content (AvgIpc) is 2.71. The zero-order chi connectivity index (χ0) is 21.4. The molecule has 1 fully saturated rings. The van der Waals surface area contributed by atoms with Crippen LogP contribution in [-0.2, 0) is 9.59 Å². The topological polar surface area (TPSA) is 145 Å². The van der Waals surface area contributed by atoms with Crippen LogP contribution in [0, 0.1) is 0 Å². The molecule has 0 radical (unpaired) electrons. The number of amides is 2. The van der Waals surface area contributed by atoms with Crippen LogP contribution in [-0.4, -0.2) is 72.0 Å². The van der Waals surface area contributed by atoms with Crippen LogP contribution in [0.4, 0.5) is 5.69 Å². The van der Waals surface area contributed by atoms with Crippen LogP contribution < -0.4 is 21.9 Å². The fourth-order valence-corrected chi connectivity index (χ4v) is 2.98. The summed E-state index contributed by atoms with van der Waals surface area (Å²) >= 11 is 0. The Kier molecular flexibility index (Phi) is 7.98. The maximum absolute atomic E-state index is 12.9. The number of aliphatic carboxylic acids is 1. The SMILES string of the molecule is CN1CCN(C(=O)[C@H](CCC(=O)O)NC(=O)c2ccc(N(N)/C=C\N)cc2)CC1. The van der Waals surface area contributed by atoms with Crippen molar-refractivity contribution < 1.29 is 19.5 Å². The number of rotatable bonds is 8. The Balaban J connectivity index is 2.07. The Morgan fingerprint density at radius 1 is 1.21 bits per heavy atom. The van der Waals surface area contributed by atoms with Gasteiger partial charge in [-0.15, -0.1) is 0 Å². The van der Waals surface area contributed by atoms with Gasteiger partial charge in [-0.3, -0.25) is 19.4 Å². The molecule has 2 rings (SSSR count). The smallest absolute Gasteiger partial charge is 0.303 e. The predicted molar refractivity (Wildman–Crippen MR) is 109 cm³/mol. The Morgan fingerprint density at radius 2 is 1.83 bits per heavy atom. The highest BCUT2D eigenvalue weighted by atomic mass is 16.4. The van der Waals surface area contributed by atoms with Gasteiger partial charge < -0.3 is 26.0 Å². The molecule has 0 aromatic heterocycles. The summed E-state index contributed by atoms with van der Waals surface area (Å²) < 4.78 is 0. The van der Waals surface area contributed by atoms with Gasteiger partial charge in [-0.1, -0.05) is 0 Å². The van der Waals surface area contributed by atoms with Crippen molar-refractivity contribution in [1.29, 1.82) is 0 Å². The quantitative estimate of drug-likeness (QED) is 0.336. The summed E-state index contributed by atoms with van der Waals surface area (Å²) in [7, 11) is 1.97. The molecule has 0 spiro atoms. The first kappa shape index (κ1) is 22.2. The highest BCUT2D eigenvalue weighted by Crippen LogP contribution is 2.14. The van der Waals surface area contributed by atoms with Crippen LogP contribution in [0.25, 0.3) is 0 Å². The van der Waals surface area contributed by atoms with E-state index in [1.54, 1.807) is 29.2 Å². The average molecular weight is 404 g/mol. The monoisotopic (exact) mass is 404 g/mol. The van der Waals surface area contributed by atoms with E-state index in [-0.39, 0.29) is 18.7 Å². The van der Waals surface area contributed by atoms with Gasteiger partial charge in [-0.25, -0.2) is 5.84 Å². The number of piperazine rings is 1. The molecule has 0 bridgehead atoms. The summed E-state index contributed by atoms with van der Waals surface area (Å²) in [4.78, 5) is 40.2. The Hall–Kier alpha value is -3.11. The second-order valence-corrected chi connectivity index (χ2v) is 6.88. The second-order valence-electron chi connectivity index (χ2n) is 6.88. The van der Waals surface area contributed by atoms with Gasteiger partial charge >= 0.3 is 5.97 Å².